The molecule has 0 aromatic rings. The molecule has 1 heterocycles. The van der Waals surface area contributed by atoms with E-state index in [0.717, 1.165) is 17.1 Å². The number of nitrogens with two attached hydrogens (primary N) is 2. The van der Waals surface area contributed by atoms with E-state index in [9.17, 15) is 18.3 Å². The van der Waals surface area contributed by atoms with E-state index in [0.29, 0.717) is 6.42 Å². The minimum Gasteiger partial charge on any atom is -0.480 e. The van der Waals surface area contributed by atoms with E-state index in [1.165, 1.54) is 0 Å². The number of aliphatic carboxylic acids is 1. The van der Waals surface area contributed by atoms with Crippen LogP contribution in [-0.2, 0) is 15.0 Å². The lowest BCUT2D eigenvalue weighted by molar-refractivity contribution is -0.144. The first-order chi connectivity index (χ1) is 11.4. The molecule has 0 bridgehead atoms. The molecule has 8 N–H and O–H groups in total. The van der Waals surface area contributed by atoms with E-state index in [4.69, 9.17) is 21.5 Å². The molecule has 12 heteroatoms. The summed E-state index contributed by atoms with van der Waals surface area (Å²) in [6, 6.07) is -0.460. The zero-order valence-electron chi connectivity index (χ0n) is 14.3. The molecule has 0 aromatic carbocycles. The van der Waals surface area contributed by atoms with Crippen molar-refractivity contribution in [1.82, 2.24) is 9.03 Å². The monoisotopic (exact) mass is 378 g/mol. The molecule has 0 radical (unpaired) electrons. The van der Waals surface area contributed by atoms with Gasteiger partial charge in [-0.15, -0.1) is 0 Å². The molecule has 0 spiro atoms. The van der Waals surface area contributed by atoms with Crippen LogP contribution in [-0.4, -0.2) is 71.2 Å². The summed E-state index contributed by atoms with van der Waals surface area (Å²) in [6.45, 7) is 1.31. The number of carbonyl (C=O) groups is 1. The number of rotatable bonds is 9. The smallest absolute Gasteiger partial charge is 0.451 e. The summed E-state index contributed by atoms with van der Waals surface area (Å²) in [7, 11) is -5.41. The molecule has 1 aliphatic carbocycles. The summed E-state index contributed by atoms with van der Waals surface area (Å²) < 4.78 is 28.7. The third-order valence-corrected chi connectivity index (χ3v) is 6.97. The van der Waals surface area contributed by atoms with E-state index in [-0.39, 0.29) is 25.8 Å². The van der Waals surface area contributed by atoms with E-state index >= 15 is 0 Å². The van der Waals surface area contributed by atoms with E-state index in [1.807, 2.05) is 0 Å². The average Bonchev–Trinajstić information content (AvgIpc) is 3.13. The first-order valence-corrected chi connectivity index (χ1v) is 9.79. The molecule has 1 saturated heterocycles. The molecule has 0 unspecified atom stereocenters. The average molecular weight is 378 g/mol. The van der Waals surface area contributed by atoms with Gasteiger partial charge in [0.15, 0.2) is 0 Å². The standard InChI is InChI=1S/C13H27BN4O6S/c1-9(12(15)4-5-12)17-25(23,24)18-7-10(3-2-6-14(21)22)13(16,8-18)11(19)20/h9-10,17,21-22H,2-8,15-16H2,1H3,(H,19,20)/t9-,10-,13-/m0/s1. The highest BCUT2D eigenvalue weighted by Gasteiger charge is 2.53. The van der Waals surface area contributed by atoms with Crippen LogP contribution in [0.25, 0.3) is 0 Å². The Hall–Kier alpha value is -0.755. The second kappa shape index (κ2) is 7.10. The Balaban J connectivity index is 2.07. The van der Waals surface area contributed by atoms with E-state index in [1.54, 1.807) is 6.92 Å². The lowest BCUT2D eigenvalue weighted by Gasteiger charge is -2.26. The number of carboxylic acids is 1. The fraction of sp³-hybridized carbons (Fsp3) is 0.923. The van der Waals surface area contributed by atoms with Gasteiger partial charge in [0.25, 0.3) is 10.2 Å². The van der Waals surface area contributed by atoms with Crippen molar-refractivity contribution < 1.29 is 28.4 Å². The van der Waals surface area contributed by atoms with Crippen LogP contribution in [0.5, 0.6) is 0 Å². The number of nitrogens with one attached hydrogen (secondary N) is 1. The zero-order valence-corrected chi connectivity index (χ0v) is 15.1. The predicted octanol–water partition coefficient (Wildman–Crippen LogP) is -2.33. The van der Waals surface area contributed by atoms with E-state index < -0.39 is 46.3 Å². The first kappa shape index (κ1) is 20.6. The van der Waals surface area contributed by atoms with Crippen molar-refractivity contribution in [3.63, 3.8) is 0 Å². The molecule has 1 aliphatic heterocycles. The largest absolute Gasteiger partial charge is 0.480 e. The van der Waals surface area contributed by atoms with Gasteiger partial charge in [-0.3, -0.25) is 4.79 Å². The molecule has 3 atom stereocenters. The third kappa shape index (κ3) is 4.51. The molecule has 2 aliphatic rings. The molecule has 2 fully saturated rings. The molecular weight excluding hydrogens is 351 g/mol. The topological polar surface area (TPSA) is 179 Å². The summed E-state index contributed by atoms with van der Waals surface area (Å²) in [4.78, 5) is 11.6. The highest BCUT2D eigenvalue weighted by molar-refractivity contribution is 7.87. The Morgan fingerprint density at radius 2 is 2.00 bits per heavy atom. The van der Waals surface area contributed by atoms with Gasteiger partial charge in [0, 0.05) is 30.6 Å². The SMILES string of the molecule is C[C@H](NS(=O)(=O)N1C[C@H](CCCB(O)O)[C@](N)(C(=O)O)C1)C1(N)CC1. The van der Waals surface area contributed by atoms with Gasteiger partial charge in [-0.05, 0) is 32.5 Å². The van der Waals surface area contributed by atoms with Crippen molar-refractivity contribution in [2.75, 3.05) is 13.1 Å². The highest BCUT2D eigenvalue weighted by atomic mass is 32.2. The lowest BCUT2D eigenvalue weighted by atomic mass is 9.78. The van der Waals surface area contributed by atoms with Gasteiger partial charge < -0.3 is 26.6 Å². The fourth-order valence-electron chi connectivity index (χ4n) is 3.21. The second-order valence-electron chi connectivity index (χ2n) is 7.32. The number of hydrogen-bond acceptors (Lipinski definition) is 7. The molecule has 0 amide bonds. The third-order valence-electron chi connectivity index (χ3n) is 5.36. The molecular formula is C13H27BN4O6S. The zero-order chi connectivity index (χ0) is 19.0. The number of nitrogens with zero attached hydrogens (tertiary/aromatic N) is 1. The quantitative estimate of drug-likeness (QED) is 0.242. The van der Waals surface area contributed by atoms with Crippen LogP contribution >= 0.6 is 0 Å². The predicted molar refractivity (Wildman–Crippen MR) is 91.5 cm³/mol. The molecule has 10 nitrogen and oxygen atoms in total. The van der Waals surface area contributed by atoms with Gasteiger partial charge >= 0.3 is 13.1 Å². The molecule has 0 aromatic heterocycles. The van der Waals surface area contributed by atoms with E-state index in [2.05, 4.69) is 4.72 Å². The molecule has 2 rings (SSSR count). The van der Waals surface area contributed by atoms with Crippen LogP contribution in [0.3, 0.4) is 0 Å². The Bertz CT molecular complexity index is 614. The minimum absolute atomic E-state index is 0.0377. The van der Waals surface area contributed by atoms with Crippen LogP contribution in [0.4, 0.5) is 0 Å². The first-order valence-electron chi connectivity index (χ1n) is 8.35. The van der Waals surface area contributed by atoms with Gasteiger partial charge in [0.1, 0.15) is 5.54 Å². The summed E-state index contributed by atoms with van der Waals surface area (Å²) in [5, 5.41) is 27.3. The van der Waals surface area contributed by atoms with Gasteiger partial charge in [0.2, 0.25) is 0 Å². The molecule has 144 valence electrons. The fourth-order valence-corrected chi connectivity index (χ4v) is 4.80. The van der Waals surface area contributed by atoms with Crippen molar-refractivity contribution in [3.05, 3.63) is 0 Å². The Morgan fingerprint density at radius 1 is 1.40 bits per heavy atom. The van der Waals surface area contributed by atoms with Crippen molar-refractivity contribution in [2.24, 2.45) is 17.4 Å². The Labute approximate surface area is 147 Å². The van der Waals surface area contributed by atoms with Crippen LogP contribution in [0.15, 0.2) is 0 Å². The Kier molecular flexibility index (Phi) is 5.84. The van der Waals surface area contributed by atoms with Gasteiger partial charge in [0.05, 0.1) is 0 Å². The van der Waals surface area contributed by atoms with Gasteiger partial charge in [-0.1, -0.05) is 6.42 Å². The maximum atomic E-state index is 12.6. The van der Waals surface area contributed by atoms with Crippen molar-refractivity contribution in [2.45, 2.75) is 56.0 Å². The summed E-state index contributed by atoms with van der Waals surface area (Å²) in [5.41, 5.74) is 9.75. The summed E-state index contributed by atoms with van der Waals surface area (Å²) in [6.07, 6.45) is 2.16. The summed E-state index contributed by atoms with van der Waals surface area (Å²) >= 11 is 0. The van der Waals surface area contributed by atoms with Crippen LogP contribution in [0, 0.1) is 5.92 Å². The molecule has 25 heavy (non-hydrogen) atoms. The lowest BCUT2D eigenvalue weighted by Crippen LogP contribution is -2.56. The van der Waals surface area contributed by atoms with Crippen LogP contribution in [0.2, 0.25) is 6.32 Å². The second-order valence-corrected chi connectivity index (χ2v) is 9.03. The van der Waals surface area contributed by atoms with Crippen molar-refractivity contribution in [3.8, 4) is 0 Å². The maximum absolute atomic E-state index is 12.6. The normalized spacial score (nSPS) is 30.2. The highest BCUT2D eigenvalue weighted by Crippen LogP contribution is 2.37. The van der Waals surface area contributed by atoms with Crippen molar-refractivity contribution in [1.29, 1.82) is 0 Å². The van der Waals surface area contributed by atoms with Crippen molar-refractivity contribution >= 4 is 23.3 Å². The number of hydrogen-bond donors (Lipinski definition) is 6. The number of carboxylic acid groups (broad SMARTS) is 1. The van der Waals surface area contributed by atoms with Crippen LogP contribution in [0.1, 0.15) is 32.6 Å². The van der Waals surface area contributed by atoms with Gasteiger partial charge in [-0.2, -0.15) is 17.4 Å². The summed E-state index contributed by atoms with van der Waals surface area (Å²) in [5.74, 6) is -1.89. The van der Waals surface area contributed by atoms with Gasteiger partial charge in [-0.25, -0.2) is 0 Å². The molecule has 1 saturated carbocycles. The Morgan fingerprint density at radius 3 is 2.48 bits per heavy atom. The minimum atomic E-state index is -3.92. The van der Waals surface area contributed by atoms with Crippen LogP contribution < -0.4 is 16.2 Å². The maximum Gasteiger partial charge on any atom is 0.451 e.